The van der Waals surface area contributed by atoms with Crippen molar-refractivity contribution in [3.8, 4) is 11.3 Å². The average Bonchev–Trinajstić information content (AvgIpc) is 2.73. The van der Waals surface area contributed by atoms with E-state index in [-0.39, 0.29) is 5.76 Å². The fourth-order valence-corrected chi connectivity index (χ4v) is 1.53. The second-order valence-corrected chi connectivity index (χ2v) is 3.30. The smallest absolute Gasteiger partial charge is 0.371 e. The zero-order chi connectivity index (χ0) is 11.0. The summed E-state index contributed by atoms with van der Waals surface area (Å²) in [5, 5.41) is 12.8. The van der Waals surface area contributed by atoms with Crippen molar-refractivity contribution in [2.24, 2.45) is 7.05 Å². The number of aromatic nitrogens is 2. The number of carbonyl (C=O) groups is 1. The Morgan fingerprint density at radius 2 is 2.33 bits per heavy atom. The number of aryl methyl sites for hydroxylation is 2. The van der Waals surface area contributed by atoms with Crippen LogP contribution in [0.4, 0.5) is 0 Å². The Kier molecular flexibility index (Phi) is 2.07. The number of furan rings is 1. The third kappa shape index (κ3) is 1.52. The minimum absolute atomic E-state index is 0.0643. The van der Waals surface area contributed by atoms with Gasteiger partial charge in [0, 0.05) is 18.7 Å². The molecule has 0 atom stereocenters. The summed E-state index contributed by atoms with van der Waals surface area (Å²) in [4.78, 5) is 10.6. The fourth-order valence-electron chi connectivity index (χ4n) is 1.53. The molecule has 2 heterocycles. The molecule has 0 aliphatic carbocycles. The van der Waals surface area contributed by atoms with Gasteiger partial charge >= 0.3 is 5.97 Å². The van der Waals surface area contributed by atoms with Gasteiger partial charge < -0.3 is 9.52 Å². The molecule has 0 fully saturated rings. The first-order valence-corrected chi connectivity index (χ1v) is 4.40. The highest BCUT2D eigenvalue weighted by atomic mass is 16.4. The van der Waals surface area contributed by atoms with Gasteiger partial charge in [0.25, 0.3) is 0 Å². The van der Waals surface area contributed by atoms with E-state index >= 15 is 0 Å². The molecule has 0 aromatic carbocycles. The lowest BCUT2D eigenvalue weighted by atomic mass is 10.1. The first-order chi connectivity index (χ1) is 7.09. The number of rotatable bonds is 2. The second kappa shape index (κ2) is 3.27. The molecule has 15 heavy (non-hydrogen) atoms. The van der Waals surface area contributed by atoms with Crippen molar-refractivity contribution in [3.05, 3.63) is 29.9 Å². The van der Waals surface area contributed by atoms with Gasteiger partial charge in [0.15, 0.2) is 0 Å². The number of aromatic carboxylic acids is 1. The van der Waals surface area contributed by atoms with E-state index in [4.69, 9.17) is 9.52 Å². The van der Waals surface area contributed by atoms with Crippen LogP contribution in [0.5, 0.6) is 0 Å². The van der Waals surface area contributed by atoms with E-state index in [1.807, 2.05) is 6.92 Å². The number of hydrogen-bond acceptors (Lipinski definition) is 3. The molecule has 2 aromatic heterocycles. The molecule has 2 rings (SSSR count). The van der Waals surface area contributed by atoms with E-state index in [9.17, 15) is 4.79 Å². The predicted molar refractivity (Wildman–Crippen MR) is 52.6 cm³/mol. The van der Waals surface area contributed by atoms with Crippen molar-refractivity contribution in [1.29, 1.82) is 0 Å². The summed E-state index contributed by atoms with van der Waals surface area (Å²) in [6.45, 7) is 1.91. The van der Waals surface area contributed by atoms with Gasteiger partial charge in [0.2, 0.25) is 5.76 Å². The zero-order valence-corrected chi connectivity index (χ0v) is 8.39. The largest absolute Gasteiger partial charge is 0.475 e. The summed E-state index contributed by atoms with van der Waals surface area (Å²) < 4.78 is 6.61. The molecule has 0 bridgehead atoms. The molecule has 0 unspecified atom stereocenters. The van der Waals surface area contributed by atoms with Crippen molar-refractivity contribution >= 4 is 5.97 Å². The average molecular weight is 206 g/mol. The van der Waals surface area contributed by atoms with Crippen LogP contribution in [0.3, 0.4) is 0 Å². The number of carboxylic acid groups (broad SMARTS) is 1. The lowest BCUT2D eigenvalue weighted by Gasteiger charge is -1.98. The van der Waals surface area contributed by atoms with Crippen LogP contribution in [0.2, 0.25) is 0 Å². The molecule has 5 heteroatoms. The van der Waals surface area contributed by atoms with Gasteiger partial charge in [-0.1, -0.05) is 0 Å². The van der Waals surface area contributed by atoms with Crippen LogP contribution in [0.25, 0.3) is 11.3 Å². The molecule has 0 aliphatic heterocycles. The molecule has 0 radical (unpaired) electrons. The number of nitrogens with zero attached hydrogens (tertiary/aromatic N) is 2. The van der Waals surface area contributed by atoms with E-state index in [2.05, 4.69) is 5.10 Å². The highest BCUT2D eigenvalue weighted by Crippen LogP contribution is 2.24. The number of carboxylic acids is 1. The molecule has 0 aliphatic rings. The van der Waals surface area contributed by atoms with E-state index in [0.717, 1.165) is 16.8 Å². The van der Waals surface area contributed by atoms with Crippen molar-refractivity contribution < 1.29 is 14.3 Å². The molecular formula is C10H10N2O3. The van der Waals surface area contributed by atoms with Crippen molar-refractivity contribution in [3.63, 3.8) is 0 Å². The molecule has 1 N–H and O–H groups in total. The Balaban J connectivity index is 2.50. The first kappa shape index (κ1) is 9.51. The Labute approximate surface area is 85.9 Å². The topological polar surface area (TPSA) is 68.3 Å². The van der Waals surface area contributed by atoms with Crippen molar-refractivity contribution in [2.75, 3.05) is 0 Å². The molecule has 0 spiro atoms. The quantitative estimate of drug-likeness (QED) is 0.811. The van der Waals surface area contributed by atoms with E-state index in [1.54, 1.807) is 17.9 Å². The minimum Gasteiger partial charge on any atom is -0.475 e. The Hall–Kier alpha value is -2.04. The Morgan fingerprint density at radius 3 is 2.80 bits per heavy atom. The van der Waals surface area contributed by atoms with Gasteiger partial charge in [-0.3, -0.25) is 4.68 Å². The summed E-state index contributed by atoms with van der Waals surface area (Å²) in [7, 11) is 1.80. The summed E-state index contributed by atoms with van der Waals surface area (Å²) >= 11 is 0. The Bertz CT molecular complexity index is 491. The molecule has 2 aromatic rings. The molecule has 5 nitrogen and oxygen atoms in total. The van der Waals surface area contributed by atoms with Gasteiger partial charge in [0.05, 0.1) is 11.9 Å². The normalized spacial score (nSPS) is 10.5. The van der Waals surface area contributed by atoms with Crippen LogP contribution in [-0.2, 0) is 7.05 Å². The van der Waals surface area contributed by atoms with Crippen molar-refractivity contribution in [1.82, 2.24) is 9.78 Å². The predicted octanol–water partition coefficient (Wildman–Crippen LogP) is 1.69. The summed E-state index contributed by atoms with van der Waals surface area (Å²) in [6, 6.07) is 1.49. The van der Waals surface area contributed by atoms with Crippen LogP contribution in [-0.4, -0.2) is 20.9 Å². The standard InChI is InChI=1S/C10H10N2O3/c1-6-4-11-12(2)9(6)7-3-8(10(13)14)15-5-7/h3-5H,1-2H3,(H,13,14). The van der Waals surface area contributed by atoms with Gasteiger partial charge in [-0.15, -0.1) is 0 Å². The maximum Gasteiger partial charge on any atom is 0.371 e. The fraction of sp³-hybridized carbons (Fsp3) is 0.200. The molecular weight excluding hydrogens is 196 g/mol. The van der Waals surface area contributed by atoms with Crippen LogP contribution in [0, 0.1) is 6.92 Å². The minimum atomic E-state index is -1.07. The summed E-state index contributed by atoms with van der Waals surface area (Å²) in [6.07, 6.45) is 3.15. The first-order valence-electron chi connectivity index (χ1n) is 4.40. The lowest BCUT2D eigenvalue weighted by Crippen LogP contribution is -1.94. The van der Waals surface area contributed by atoms with Crippen LogP contribution in [0.15, 0.2) is 22.9 Å². The van der Waals surface area contributed by atoms with Crippen LogP contribution < -0.4 is 0 Å². The van der Waals surface area contributed by atoms with Gasteiger partial charge in [-0.05, 0) is 12.5 Å². The number of hydrogen-bond donors (Lipinski definition) is 1. The van der Waals surface area contributed by atoms with E-state index in [0.29, 0.717) is 0 Å². The van der Waals surface area contributed by atoms with Crippen LogP contribution >= 0.6 is 0 Å². The van der Waals surface area contributed by atoms with E-state index in [1.165, 1.54) is 12.3 Å². The monoisotopic (exact) mass is 206 g/mol. The highest BCUT2D eigenvalue weighted by Gasteiger charge is 2.14. The SMILES string of the molecule is Cc1cnn(C)c1-c1coc(C(=O)O)c1. The van der Waals surface area contributed by atoms with Gasteiger partial charge in [0.1, 0.15) is 6.26 Å². The summed E-state index contributed by atoms with van der Waals surface area (Å²) in [5.74, 6) is -1.13. The van der Waals surface area contributed by atoms with Crippen molar-refractivity contribution in [2.45, 2.75) is 6.92 Å². The third-order valence-corrected chi connectivity index (χ3v) is 2.21. The van der Waals surface area contributed by atoms with Gasteiger partial charge in [-0.2, -0.15) is 5.10 Å². The van der Waals surface area contributed by atoms with Crippen LogP contribution in [0.1, 0.15) is 16.1 Å². The lowest BCUT2D eigenvalue weighted by molar-refractivity contribution is 0.0662. The maximum absolute atomic E-state index is 10.6. The second-order valence-electron chi connectivity index (χ2n) is 3.30. The zero-order valence-electron chi connectivity index (χ0n) is 8.39. The molecule has 0 amide bonds. The van der Waals surface area contributed by atoms with Gasteiger partial charge in [-0.25, -0.2) is 4.79 Å². The Morgan fingerprint density at radius 1 is 1.60 bits per heavy atom. The van der Waals surface area contributed by atoms with E-state index < -0.39 is 5.97 Å². The summed E-state index contributed by atoms with van der Waals surface area (Å²) in [5.41, 5.74) is 2.58. The maximum atomic E-state index is 10.6. The molecule has 0 saturated carbocycles. The highest BCUT2D eigenvalue weighted by molar-refractivity contribution is 5.86. The molecule has 0 saturated heterocycles. The molecule has 78 valence electrons. The third-order valence-electron chi connectivity index (χ3n) is 2.21.